The van der Waals surface area contributed by atoms with E-state index in [1.54, 1.807) is 0 Å². The molecular weight excluding hydrogens is 244 g/mol. The number of aromatic nitrogens is 1. The maximum Gasteiger partial charge on any atom is 0.307 e. The molecule has 1 aliphatic rings. The van der Waals surface area contributed by atoms with Crippen LogP contribution in [0.25, 0.3) is 0 Å². The summed E-state index contributed by atoms with van der Waals surface area (Å²) in [5.41, 5.74) is 1.02. The summed E-state index contributed by atoms with van der Waals surface area (Å²) in [7, 11) is 1.92. The maximum absolute atomic E-state index is 12.1. The molecule has 0 saturated heterocycles. The molecule has 0 aromatic carbocycles. The highest BCUT2D eigenvalue weighted by molar-refractivity contribution is 5.85. The van der Waals surface area contributed by atoms with Crippen molar-refractivity contribution in [3.05, 3.63) is 24.0 Å². The number of amides is 1. The van der Waals surface area contributed by atoms with Crippen molar-refractivity contribution in [3.8, 4) is 0 Å². The van der Waals surface area contributed by atoms with Crippen LogP contribution in [0.2, 0.25) is 0 Å². The molecule has 5 heteroatoms. The molecular formula is C14H20N2O3. The Labute approximate surface area is 112 Å². The minimum atomic E-state index is -0.857. The maximum atomic E-state index is 12.1. The summed E-state index contributed by atoms with van der Waals surface area (Å²) in [4.78, 5) is 23.3. The number of aliphatic carboxylic acids is 1. The van der Waals surface area contributed by atoms with E-state index in [-0.39, 0.29) is 5.91 Å². The Bertz CT molecular complexity index is 481. The summed E-state index contributed by atoms with van der Waals surface area (Å²) in [5, 5.41) is 12.0. The number of carbonyl (C=O) groups excluding carboxylic acids is 1. The summed E-state index contributed by atoms with van der Waals surface area (Å²) < 4.78 is 1.92. The van der Waals surface area contributed by atoms with Crippen LogP contribution in [0.3, 0.4) is 0 Å². The first-order chi connectivity index (χ1) is 8.97. The third-order valence-electron chi connectivity index (χ3n) is 3.81. The van der Waals surface area contributed by atoms with Gasteiger partial charge in [0.15, 0.2) is 0 Å². The molecule has 0 aliphatic heterocycles. The van der Waals surface area contributed by atoms with Crippen molar-refractivity contribution in [1.29, 1.82) is 0 Å². The van der Waals surface area contributed by atoms with Gasteiger partial charge in [-0.3, -0.25) is 9.59 Å². The van der Waals surface area contributed by atoms with Gasteiger partial charge in [0.2, 0.25) is 5.91 Å². The van der Waals surface area contributed by atoms with Gasteiger partial charge in [0.25, 0.3) is 0 Å². The molecule has 1 amide bonds. The highest BCUT2D eigenvalue weighted by atomic mass is 16.4. The monoisotopic (exact) mass is 264 g/mol. The summed E-state index contributed by atoms with van der Waals surface area (Å²) in [6.07, 6.45) is 5.11. The van der Waals surface area contributed by atoms with Gasteiger partial charge in [-0.05, 0) is 30.4 Å². The van der Waals surface area contributed by atoms with E-state index in [1.165, 1.54) is 0 Å². The molecule has 1 aliphatic carbocycles. The summed E-state index contributed by atoms with van der Waals surface area (Å²) in [6, 6.07) is 1.94. The van der Waals surface area contributed by atoms with E-state index in [2.05, 4.69) is 5.32 Å². The van der Waals surface area contributed by atoms with Gasteiger partial charge in [0.05, 0.1) is 11.8 Å². The third-order valence-corrected chi connectivity index (χ3v) is 3.81. The fraction of sp³-hybridized carbons (Fsp3) is 0.571. The second-order valence-corrected chi connectivity index (χ2v) is 5.53. The number of carboxylic acids is 1. The molecule has 104 valence electrons. The van der Waals surface area contributed by atoms with Crippen LogP contribution in [-0.4, -0.2) is 21.6 Å². The van der Waals surface area contributed by atoms with Crippen LogP contribution in [-0.2, 0) is 23.2 Å². The van der Waals surface area contributed by atoms with Crippen molar-refractivity contribution in [3.63, 3.8) is 0 Å². The Kier molecular flexibility index (Phi) is 3.93. The van der Waals surface area contributed by atoms with Crippen LogP contribution in [0.5, 0.6) is 0 Å². The average Bonchev–Trinajstić information content (AvgIpc) is 2.92. The van der Waals surface area contributed by atoms with Crippen molar-refractivity contribution in [2.45, 2.75) is 26.3 Å². The van der Waals surface area contributed by atoms with Gasteiger partial charge in [-0.25, -0.2) is 0 Å². The van der Waals surface area contributed by atoms with Crippen molar-refractivity contribution >= 4 is 11.9 Å². The molecule has 1 aromatic heterocycles. The van der Waals surface area contributed by atoms with Gasteiger partial charge >= 0.3 is 5.97 Å². The van der Waals surface area contributed by atoms with Crippen LogP contribution in [0.1, 0.15) is 25.3 Å². The molecule has 1 saturated carbocycles. The molecule has 19 heavy (non-hydrogen) atoms. The fourth-order valence-electron chi connectivity index (χ4n) is 2.84. The number of aryl methyl sites for hydroxylation is 1. The summed E-state index contributed by atoms with van der Waals surface area (Å²) in [6.45, 7) is 2.46. The number of carboxylic acid groups (broad SMARTS) is 1. The quantitative estimate of drug-likeness (QED) is 0.863. The molecule has 0 spiro atoms. The first-order valence-electron chi connectivity index (χ1n) is 6.58. The minimum Gasteiger partial charge on any atom is -0.481 e. The molecule has 0 bridgehead atoms. The highest BCUT2D eigenvalue weighted by Gasteiger charge is 2.40. The fourth-order valence-corrected chi connectivity index (χ4v) is 2.84. The molecule has 1 aromatic rings. The first kappa shape index (κ1) is 13.6. The van der Waals surface area contributed by atoms with Crippen LogP contribution in [0, 0.1) is 17.8 Å². The topological polar surface area (TPSA) is 71.3 Å². The Balaban J connectivity index is 1.93. The van der Waals surface area contributed by atoms with E-state index in [1.807, 2.05) is 37.0 Å². The van der Waals surface area contributed by atoms with E-state index in [0.29, 0.717) is 25.3 Å². The second-order valence-electron chi connectivity index (χ2n) is 5.53. The van der Waals surface area contributed by atoms with Crippen LogP contribution in [0.15, 0.2) is 18.5 Å². The largest absolute Gasteiger partial charge is 0.481 e. The zero-order valence-corrected chi connectivity index (χ0v) is 11.3. The first-order valence-corrected chi connectivity index (χ1v) is 6.58. The Morgan fingerprint density at radius 2 is 2.11 bits per heavy atom. The predicted molar refractivity (Wildman–Crippen MR) is 70.3 cm³/mol. The number of nitrogens with one attached hydrogen (secondary N) is 1. The van der Waals surface area contributed by atoms with Gasteiger partial charge < -0.3 is 15.0 Å². The van der Waals surface area contributed by atoms with E-state index >= 15 is 0 Å². The molecule has 0 radical (unpaired) electrons. The lowest BCUT2D eigenvalue weighted by molar-refractivity contribution is -0.146. The molecule has 3 unspecified atom stereocenters. The van der Waals surface area contributed by atoms with Crippen LogP contribution in [0.4, 0.5) is 0 Å². The molecule has 2 N–H and O–H groups in total. The van der Waals surface area contributed by atoms with E-state index < -0.39 is 17.8 Å². The Morgan fingerprint density at radius 3 is 2.68 bits per heavy atom. The normalized spacial score (nSPS) is 26.3. The van der Waals surface area contributed by atoms with Gasteiger partial charge in [-0.15, -0.1) is 0 Å². The van der Waals surface area contributed by atoms with Gasteiger partial charge in [0, 0.05) is 26.0 Å². The summed E-state index contributed by atoms with van der Waals surface area (Å²) >= 11 is 0. The number of hydrogen-bond acceptors (Lipinski definition) is 2. The van der Waals surface area contributed by atoms with Crippen molar-refractivity contribution in [2.75, 3.05) is 0 Å². The Hall–Kier alpha value is -1.78. The predicted octanol–water partition coefficient (Wildman–Crippen LogP) is 1.39. The third kappa shape index (κ3) is 3.16. The lowest BCUT2D eigenvalue weighted by atomic mass is 9.95. The molecule has 1 fully saturated rings. The minimum absolute atomic E-state index is 0.138. The van der Waals surface area contributed by atoms with Crippen LogP contribution >= 0.6 is 0 Å². The number of nitrogens with zero attached hydrogens (tertiary/aromatic N) is 1. The summed E-state index contributed by atoms with van der Waals surface area (Å²) in [5.74, 6) is -1.62. The van der Waals surface area contributed by atoms with Gasteiger partial charge in [0.1, 0.15) is 0 Å². The van der Waals surface area contributed by atoms with Gasteiger partial charge in [-0.1, -0.05) is 6.92 Å². The molecule has 5 nitrogen and oxygen atoms in total. The lowest BCUT2D eigenvalue weighted by Crippen LogP contribution is -2.34. The Morgan fingerprint density at radius 1 is 1.42 bits per heavy atom. The molecule has 2 rings (SSSR count). The molecule has 1 heterocycles. The molecule has 3 atom stereocenters. The highest BCUT2D eigenvalue weighted by Crippen LogP contribution is 2.36. The SMILES string of the molecule is CC1CC(C(=O)O)C(C(=O)NCc2ccn(C)c2)C1. The van der Waals surface area contributed by atoms with Crippen molar-refractivity contribution in [1.82, 2.24) is 9.88 Å². The van der Waals surface area contributed by atoms with E-state index in [9.17, 15) is 9.59 Å². The average molecular weight is 264 g/mol. The van der Waals surface area contributed by atoms with E-state index in [4.69, 9.17) is 5.11 Å². The zero-order valence-electron chi connectivity index (χ0n) is 11.3. The van der Waals surface area contributed by atoms with Crippen molar-refractivity contribution < 1.29 is 14.7 Å². The number of carbonyl (C=O) groups is 2. The smallest absolute Gasteiger partial charge is 0.307 e. The standard InChI is InChI=1S/C14H20N2O3/c1-9-5-11(12(6-9)14(18)19)13(17)15-7-10-3-4-16(2)8-10/h3-4,8-9,11-12H,5-7H2,1-2H3,(H,15,17)(H,18,19). The second kappa shape index (κ2) is 5.47. The lowest BCUT2D eigenvalue weighted by Gasteiger charge is -2.15. The zero-order chi connectivity index (χ0) is 14.0. The van der Waals surface area contributed by atoms with Gasteiger partial charge in [-0.2, -0.15) is 0 Å². The van der Waals surface area contributed by atoms with Crippen LogP contribution < -0.4 is 5.32 Å². The number of hydrogen-bond donors (Lipinski definition) is 2. The number of rotatable bonds is 4. The van der Waals surface area contributed by atoms with Crippen molar-refractivity contribution in [2.24, 2.45) is 24.8 Å². The van der Waals surface area contributed by atoms with E-state index in [0.717, 1.165) is 5.56 Å².